The minimum atomic E-state index is -1.32. The molecule has 25 heavy (non-hydrogen) atoms. The molecular formula is C18H14FN3O3. The number of barbiturate groups is 1. The second-order valence-corrected chi connectivity index (χ2v) is 5.40. The smallest absolute Gasteiger partial charge is 0.335 e. The number of imide groups is 2. The molecule has 1 saturated heterocycles. The van der Waals surface area contributed by atoms with Crippen molar-refractivity contribution in [2.24, 2.45) is 5.92 Å². The van der Waals surface area contributed by atoms with E-state index in [9.17, 15) is 18.8 Å². The molecule has 0 saturated carbocycles. The zero-order valence-electron chi connectivity index (χ0n) is 13.0. The van der Waals surface area contributed by atoms with Gasteiger partial charge in [-0.3, -0.25) is 14.9 Å². The number of rotatable bonds is 4. The van der Waals surface area contributed by atoms with E-state index in [-0.39, 0.29) is 5.70 Å². The number of hydrogen-bond acceptors (Lipinski definition) is 4. The van der Waals surface area contributed by atoms with Crippen molar-refractivity contribution in [3.8, 4) is 0 Å². The number of halogens is 1. The van der Waals surface area contributed by atoms with Crippen molar-refractivity contribution in [3.05, 3.63) is 72.7 Å². The van der Waals surface area contributed by atoms with Gasteiger partial charge >= 0.3 is 6.03 Å². The summed E-state index contributed by atoms with van der Waals surface area (Å²) < 4.78 is 13.3. The van der Waals surface area contributed by atoms with Crippen LogP contribution in [-0.2, 0) is 9.59 Å². The van der Waals surface area contributed by atoms with Crippen LogP contribution in [-0.4, -0.2) is 17.8 Å². The highest BCUT2D eigenvalue weighted by molar-refractivity contribution is 6.28. The van der Waals surface area contributed by atoms with Gasteiger partial charge in [0.15, 0.2) is 5.92 Å². The lowest BCUT2D eigenvalue weighted by Gasteiger charge is -2.31. The van der Waals surface area contributed by atoms with Crippen LogP contribution in [0.25, 0.3) is 0 Å². The highest BCUT2D eigenvalue weighted by Crippen LogP contribution is 2.25. The first-order valence-corrected chi connectivity index (χ1v) is 7.42. The lowest BCUT2D eigenvalue weighted by atomic mass is 10.0. The fourth-order valence-electron chi connectivity index (χ4n) is 2.53. The molecule has 0 aromatic heterocycles. The topological polar surface area (TPSA) is 78.5 Å². The minimum Gasteiger partial charge on any atom is -0.358 e. The van der Waals surface area contributed by atoms with Crippen molar-refractivity contribution in [1.29, 1.82) is 0 Å². The third-order valence-corrected chi connectivity index (χ3v) is 3.66. The van der Waals surface area contributed by atoms with Crippen LogP contribution in [0.1, 0.15) is 0 Å². The first-order valence-electron chi connectivity index (χ1n) is 7.42. The molecule has 0 aliphatic carbocycles. The summed E-state index contributed by atoms with van der Waals surface area (Å²) in [6, 6.07) is 12.9. The minimum absolute atomic E-state index is 0.0431. The Kier molecular flexibility index (Phi) is 4.30. The number of anilines is 2. The lowest BCUT2D eigenvalue weighted by Crippen LogP contribution is -2.59. The van der Waals surface area contributed by atoms with E-state index in [1.54, 1.807) is 36.4 Å². The highest BCUT2D eigenvalue weighted by atomic mass is 19.1. The van der Waals surface area contributed by atoms with Gasteiger partial charge < -0.3 is 5.32 Å². The number of nitrogens with zero attached hydrogens (tertiary/aromatic N) is 1. The van der Waals surface area contributed by atoms with Gasteiger partial charge in [-0.05, 0) is 30.3 Å². The van der Waals surface area contributed by atoms with Gasteiger partial charge in [-0.1, -0.05) is 30.8 Å². The number of benzene rings is 2. The van der Waals surface area contributed by atoms with Gasteiger partial charge in [0.1, 0.15) is 5.82 Å². The van der Waals surface area contributed by atoms with Crippen LogP contribution >= 0.6 is 0 Å². The fraction of sp³-hybridized carbons (Fsp3) is 0.0556. The largest absolute Gasteiger partial charge is 0.358 e. The summed E-state index contributed by atoms with van der Waals surface area (Å²) in [5.41, 5.74) is 0.719. The van der Waals surface area contributed by atoms with Gasteiger partial charge in [0.05, 0.1) is 5.69 Å². The van der Waals surface area contributed by atoms with E-state index in [1.807, 2.05) is 0 Å². The predicted octanol–water partition coefficient (Wildman–Crippen LogP) is 2.65. The van der Waals surface area contributed by atoms with E-state index >= 15 is 0 Å². The van der Waals surface area contributed by atoms with Crippen LogP contribution in [0.4, 0.5) is 20.6 Å². The number of carbonyl (C=O) groups is 3. The normalized spacial score (nSPS) is 17.2. The predicted molar refractivity (Wildman–Crippen MR) is 90.1 cm³/mol. The van der Waals surface area contributed by atoms with Crippen LogP contribution in [0.15, 0.2) is 66.9 Å². The maximum atomic E-state index is 13.3. The monoisotopic (exact) mass is 339 g/mol. The molecule has 1 aliphatic rings. The first-order chi connectivity index (χ1) is 12.0. The molecular weight excluding hydrogens is 325 g/mol. The van der Waals surface area contributed by atoms with Crippen molar-refractivity contribution in [1.82, 2.24) is 5.32 Å². The molecule has 2 N–H and O–H groups in total. The van der Waals surface area contributed by atoms with Crippen molar-refractivity contribution in [2.75, 3.05) is 10.2 Å². The van der Waals surface area contributed by atoms with E-state index in [2.05, 4.69) is 17.2 Å². The first kappa shape index (κ1) is 16.4. The molecule has 0 radical (unpaired) electrons. The summed E-state index contributed by atoms with van der Waals surface area (Å²) >= 11 is 0. The van der Waals surface area contributed by atoms with Gasteiger partial charge in [0, 0.05) is 11.4 Å². The average molecular weight is 339 g/mol. The van der Waals surface area contributed by atoms with E-state index in [4.69, 9.17) is 0 Å². The van der Waals surface area contributed by atoms with Gasteiger partial charge in [-0.2, -0.15) is 0 Å². The number of carbonyl (C=O) groups excluding carboxylic acids is 3. The summed E-state index contributed by atoms with van der Waals surface area (Å²) in [5.74, 6) is -3.30. The van der Waals surface area contributed by atoms with Crippen LogP contribution in [0.2, 0.25) is 0 Å². The highest BCUT2D eigenvalue weighted by Gasteiger charge is 2.42. The summed E-state index contributed by atoms with van der Waals surface area (Å²) in [7, 11) is 0. The summed E-state index contributed by atoms with van der Waals surface area (Å²) in [6.07, 6.45) is 0. The molecule has 0 bridgehead atoms. The van der Waals surface area contributed by atoms with Crippen molar-refractivity contribution in [2.45, 2.75) is 0 Å². The third-order valence-electron chi connectivity index (χ3n) is 3.66. The summed E-state index contributed by atoms with van der Waals surface area (Å²) in [6.45, 7) is 3.70. The average Bonchev–Trinajstić information content (AvgIpc) is 2.55. The molecule has 126 valence electrons. The second kappa shape index (κ2) is 6.56. The van der Waals surface area contributed by atoms with Gasteiger partial charge in [0.2, 0.25) is 5.91 Å². The lowest BCUT2D eigenvalue weighted by molar-refractivity contribution is -0.132. The summed E-state index contributed by atoms with van der Waals surface area (Å²) in [4.78, 5) is 37.8. The van der Waals surface area contributed by atoms with Crippen molar-refractivity contribution >= 4 is 29.2 Å². The molecule has 2 aromatic rings. The Labute approximate surface area is 142 Å². The van der Waals surface area contributed by atoms with Crippen LogP contribution < -0.4 is 15.5 Å². The Morgan fingerprint density at radius 2 is 1.80 bits per heavy atom. The molecule has 3 rings (SSSR count). The SMILES string of the molecule is C=C(Nc1cccc(F)c1)[C@H]1C(=O)NC(=O)N(c2ccccc2)C1=O. The van der Waals surface area contributed by atoms with E-state index in [0.717, 1.165) is 4.90 Å². The molecule has 1 atom stereocenters. The van der Waals surface area contributed by atoms with E-state index in [1.165, 1.54) is 18.2 Å². The van der Waals surface area contributed by atoms with E-state index < -0.39 is 29.6 Å². The second-order valence-electron chi connectivity index (χ2n) is 5.40. The Bertz CT molecular complexity index is 867. The fourth-order valence-corrected chi connectivity index (χ4v) is 2.53. The van der Waals surface area contributed by atoms with Gasteiger partial charge in [-0.15, -0.1) is 0 Å². The third kappa shape index (κ3) is 3.25. The van der Waals surface area contributed by atoms with Crippen molar-refractivity contribution in [3.63, 3.8) is 0 Å². The number of hydrogen-bond donors (Lipinski definition) is 2. The van der Waals surface area contributed by atoms with E-state index in [0.29, 0.717) is 11.4 Å². The molecule has 2 aromatic carbocycles. The zero-order valence-corrected chi connectivity index (χ0v) is 13.0. The standard InChI is InChI=1S/C18H14FN3O3/c1-11(20-13-7-5-6-12(19)10-13)15-16(23)21-18(25)22(17(15)24)14-8-3-2-4-9-14/h2-10,15,20H,1H2,(H,21,23,25)/t15-/m0/s1. The van der Waals surface area contributed by atoms with Crippen LogP contribution in [0.3, 0.4) is 0 Å². The number of nitrogens with one attached hydrogen (secondary N) is 2. The molecule has 1 heterocycles. The van der Waals surface area contributed by atoms with Crippen molar-refractivity contribution < 1.29 is 18.8 Å². The van der Waals surface area contributed by atoms with Gasteiger partial charge in [-0.25, -0.2) is 14.1 Å². The van der Waals surface area contributed by atoms with Crippen LogP contribution in [0, 0.1) is 11.7 Å². The zero-order chi connectivity index (χ0) is 18.0. The molecule has 1 aliphatic heterocycles. The Hall–Kier alpha value is -3.48. The quantitative estimate of drug-likeness (QED) is 0.840. The molecule has 0 spiro atoms. The molecule has 0 unspecified atom stereocenters. The van der Waals surface area contributed by atoms with Crippen LogP contribution in [0.5, 0.6) is 0 Å². The molecule has 4 amide bonds. The summed E-state index contributed by atoms with van der Waals surface area (Å²) in [5, 5.41) is 4.88. The Morgan fingerprint density at radius 3 is 2.48 bits per heavy atom. The Morgan fingerprint density at radius 1 is 1.08 bits per heavy atom. The number of para-hydroxylation sites is 1. The maximum absolute atomic E-state index is 13.3. The molecule has 1 fully saturated rings. The molecule has 7 heteroatoms. The number of amides is 4. The van der Waals surface area contributed by atoms with Gasteiger partial charge in [0.25, 0.3) is 5.91 Å². The maximum Gasteiger partial charge on any atom is 0.335 e. The Balaban J connectivity index is 1.87. The molecule has 6 nitrogen and oxygen atoms in total. The number of urea groups is 1.